The number of thiocarbonyl (C=S) groups is 1. The van der Waals surface area contributed by atoms with Gasteiger partial charge in [0.25, 0.3) is 0 Å². The number of hydrogen-bond acceptors (Lipinski definition) is 3. The van der Waals surface area contributed by atoms with Gasteiger partial charge in [-0.2, -0.15) is 4.99 Å². The van der Waals surface area contributed by atoms with Gasteiger partial charge in [-0.1, -0.05) is 51.2 Å². The Labute approximate surface area is 152 Å². The maximum absolute atomic E-state index is 6.09. The lowest BCUT2D eigenvalue weighted by Crippen LogP contribution is -2.21. The molecule has 0 atom stereocenters. The van der Waals surface area contributed by atoms with E-state index in [1.807, 2.05) is 12.1 Å². The molecule has 1 aromatic carbocycles. The Bertz CT molecular complexity index is 499. The van der Waals surface area contributed by atoms with E-state index < -0.39 is 0 Å². The van der Waals surface area contributed by atoms with E-state index in [1.165, 1.54) is 69.8 Å². The number of nitrogens with zero attached hydrogens (tertiary/aromatic N) is 1. The first-order valence-electron chi connectivity index (χ1n) is 9.63. The number of benzene rings is 1. The molecule has 0 spiro atoms. The second-order valence-corrected chi connectivity index (χ2v) is 7.09. The van der Waals surface area contributed by atoms with Gasteiger partial charge in [0.15, 0.2) is 0 Å². The van der Waals surface area contributed by atoms with E-state index in [0.29, 0.717) is 12.0 Å². The summed E-state index contributed by atoms with van der Waals surface area (Å²) in [5, 5.41) is 2.42. The van der Waals surface area contributed by atoms with Crippen LogP contribution in [-0.4, -0.2) is 17.9 Å². The van der Waals surface area contributed by atoms with E-state index >= 15 is 0 Å². The van der Waals surface area contributed by atoms with Gasteiger partial charge in [-0.3, -0.25) is 0 Å². The first-order chi connectivity index (χ1) is 11.8. The van der Waals surface area contributed by atoms with Crippen LogP contribution in [0.4, 0.5) is 5.69 Å². The average Bonchev–Trinajstić information content (AvgIpc) is 2.62. The molecule has 0 N–H and O–H groups in total. The lowest BCUT2D eigenvalue weighted by molar-refractivity contribution is 0.0226. The van der Waals surface area contributed by atoms with Crippen LogP contribution in [0.1, 0.15) is 82.6 Å². The van der Waals surface area contributed by atoms with Gasteiger partial charge in [-0.15, -0.1) is 0 Å². The molecule has 2 nitrogen and oxygen atoms in total. The zero-order chi connectivity index (χ0) is 17.0. The van der Waals surface area contributed by atoms with Gasteiger partial charge < -0.3 is 4.74 Å². The van der Waals surface area contributed by atoms with E-state index in [2.05, 4.69) is 41.4 Å². The summed E-state index contributed by atoms with van der Waals surface area (Å²) >= 11 is 4.64. The van der Waals surface area contributed by atoms with Crippen molar-refractivity contribution in [3.8, 4) is 0 Å². The first kappa shape index (κ1) is 19.3. The Morgan fingerprint density at radius 3 is 2.33 bits per heavy atom. The largest absolute Gasteiger partial charge is 0.378 e. The molecule has 1 aliphatic carbocycles. The molecule has 0 saturated heterocycles. The lowest BCUT2D eigenvalue weighted by Gasteiger charge is -2.29. The summed E-state index contributed by atoms with van der Waals surface area (Å²) in [5.41, 5.74) is 2.32. The Morgan fingerprint density at radius 2 is 1.67 bits per heavy atom. The van der Waals surface area contributed by atoms with Crippen LogP contribution in [0.2, 0.25) is 0 Å². The van der Waals surface area contributed by atoms with Crippen LogP contribution in [0.3, 0.4) is 0 Å². The quantitative estimate of drug-likeness (QED) is 0.263. The number of rotatable bonds is 10. The lowest BCUT2D eigenvalue weighted by atomic mass is 9.82. The molecule has 0 amide bonds. The fraction of sp³-hybridized carbons (Fsp3) is 0.667. The standard InChI is InChI=1S/C21H31NOS/c1-2-3-4-5-6-7-16-23-21-14-10-19(11-15-21)18-8-12-20(13-9-18)22-17-24/h8-9,12-13,19,21H,2-7,10-11,14-16H2,1H3. The van der Waals surface area contributed by atoms with Crippen LogP contribution in [0.15, 0.2) is 29.3 Å². The van der Waals surface area contributed by atoms with E-state index in [9.17, 15) is 0 Å². The number of aliphatic imine (C=N–C) groups is 1. The summed E-state index contributed by atoms with van der Waals surface area (Å²) in [6, 6.07) is 8.45. The van der Waals surface area contributed by atoms with Crippen LogP contribution >= 0.6 is 12.2 Å². The summed E-state index contributed by atoms with van der Waals surface area (Å²) in [4.78, 5) is 4.01. The highest BCUT2D eigenvalue weighted by atomic mass is 32.1. The van der Waals surface area contributed by atoms with Crippen molar-refractivity contribution in [3.63, 3.8) is 0 Å². The van der Waals surface area contributed by atoms with Crippen molar-refractivity contribution >= 4 is 23.1 Å². The minimum absolute atomic E-state index is 0.482. The Kier molecular flexibility index (Phi) is 9.27. The minimum atomic E-state index is 0.482. The molecule has 0 bridgehead atoms. The molecular formula is C21H31NOS. The van der Waals surface area contributed by atoms with Crippen molar-refractivity contribution in [2.24, 2.45) is 4.99 Å². The number of isothiocyanates is 1. The van der Waals surface area contributed by atoms with Crippen LogP contribution in [0, 0.1) is 0 Å². The number of unbranched alkanes of at least 4 members (excludes halogenated alkanes) is 5. The predicted molar refractivity (Wildman–Crippen MR) is 105 cm³/mol. The molecule has 1 aromatic rings. The molecular weight excluding hydrogens is 314 g/mol. The average molecular weight is 346 g/mol. The van der Waals surface area contributed by atoms with Crippen molar-refractivity contribution in [1.29, 1.82) is 0 Å². The van der Waals surface area contributed by atoms with Crippen LogP contribution in [-0.2, 0) is 4.74 Å². The summed E-state index contributed by atoms with van der Waals surface area (Å²) in [7, 11) is 0. The van der Waals surface area contributed by atoms with Crippen LogP contribution < -0.4 is 0 Å². The Hall–Kier alpha value is -1.02. The van der Waals surface area contributed by atoms with Crippen molar-refractivity contribution in [2.45, 2.75) is 83.2 Å². The first-order valence-corrected chi connectivity index (χ1v) is 10.0. The molecule has 0 radical (unpaired) electrons. The van der Waals surface area contributed by atoms with Crippen molar-refractivity contribution < 1.29 is 4.74 Å². The van der Waals surface area contributed by atoms with E-state index in [4.69, 9.17) is 4.74 Å². The topological polar surface area (TPSA) is 21.6 Å². The predicted octanol–water partition coefficient (Wildman–Crippen LogP) is 6.82. The van der Waals surface area contributed by atoms with Gasteiger partial charge in [0, 0.05) is 6.61 Å². The fourth-order valence-corrected chi connectivity index (χ4v) is 3.67. The van der Waals surface area contributed by atoms with Crippen molar-refractivity contribution in [3.05, 3.63) is 29.8 Å². The maximum Gasteiger partial charge on any atom is 0.0739 e. The van der Waals surface area contributed by atoms with Gasteiger partial charge >= 0.3 is 0 Å². The van der Waals surface area contributed by atoms with Gasteiger partial charge in [-0.05, 0) is 67.9 Å². The van der Waals surface area contributed by atoms with E-state index in [1.54, 1.807) is 0 Å². The van der Waals surface area contributed by atoms with Gasteiger partial charge in [-0.25, -0.2) is 0 Å². The number of ether oxygens (including phenoxy) is 1. The van der Waals surface area contributed by atoms with Gasteiger partial charge in [0.05, 0.1) is 17.0 Å². The molecule has 1 fully saturated rings. The third-order valence-electron chi connectivity index (χ3n) is 5.06. The number of hydrogen-bond donors (Lipinski definition) is 0. The zero-order valence-corrected chi connectivity index (χ0v) is 15.8. The third-order valence-corrected chi connectivity index (χ3v) is 5.16. The summed E-state index contributed by atoms with van der Waals surface area (Å²) < 4.78 is 6.09. The Balaban J connectivity index is 1.61. The molecule has 2 rings (SSSR count). The fourth-order valence-electron chi connectivity index (χ4n) is 3.57. The normalized spacial score (nSPS) is 20.5. The summed E-state index contributed by atoms with van der Waals surface area (Å²) in [6.45, 7) is 3.22. The molecule has 0 heterocycles. The van der Waals surface area contributed by atoms with Crippen molar-refractivity contribution in [1.82, 2.24) is 0 Å². The second kappa shape index (κ2) is 11.5. The SMILES string of the molecule is CCCCCCCCOC1CCC(c2ccc(N=C=S)cc2)CC1. The summed E-state index contributed by atoms with van der Waals surface area (Å²) in [6.07, 6.45) is 13.3. The molecule has 0 aromatic heterocycles. The van der Waals surface area contributed by atoms with Crippen molar-refractivity contribution in [2.75, 3.05) is 6.61 Å². The summed E-state index contributed by atoms with van der Waals surface area (Å²) in [5.74, 6) is 0.671. The van der Waals surface area contributed by atoms with Gasteiger partial charge in [0.2, 0.25) is 0 Å². The minimum Gasteiger partial charge on any atom is -0.378 e. The highest BCUT2D eigenvalue weighted by molar-refractivity contribution is 7.78. The maximum atomic E-state index is 6.09. The van der Waals surface area contributed by atoms with Crippen LogP contribution in [0.5, 0.6) is 0 Å². The zero-order valence-electron chi connectivity index (χ0n) is 15.0. The second-order valence-electron chi connectivity index (χ2n) is 6.91. The highest BCUT2D eigenvalue weighted by Crippen LogP contribution is 2.34. The molecule has 0 unspecified atom stereocenters. The van der Waals surface area contributed by atoms with Crippen LogP contribution in [0.25, 0.3) is 0 Å². The van der Waals surface area contributed by atoms with E-state index in [0.717, 1.165) is 12.3 Å². The molecule has 132 valence electrons. The molecule has 1 aliphatic rings. The van der Waals surface area contributed by atoms with Gasteiger partial charge in [0.1, 0.15) is 0 Å². The monoisotopic (exact) mass is 345 g/mol. The molecule has 3 heteroatoms. The highest BCUT2D eigenvalue weighted by Gasteiger charge is 2.22. The van der Waals surface area contributed by atoms with E-state index in [-0.39, 0.29) is 0 Å². The molecule has 0 aliphatic heterocycles. The smallest absolute Gasteiger partial charge is 0.0739 e. The Morgan fingerprint density at radius 1 is 1.00 bits per heavy atom. The third kappa shape index (κ3) is 6.84. The molecule has 24 heavy (non-hydrogen) atoms. The molecule has 1 saturated carbocycles.